The number of carbonyl (C=O) groups is 2. The van der Waals surface area contributed by atoms with Gasteiger partial charge in [0.05, 0.1) is 38.3 Å². The van der Waals surface area contributed by atoms with Gasteiger partial charge in [-0.1, -0.05) is 4.74 Å². The first-order chi connectivity index (χ1) is 15.9. The van der Waals surface area contributed by atoms with Gasteiger partial charge in [0.15, 0.2) is 17.0 Å². The normalized spacial score (nSPS) is 14.3. The second-order valence-electron chi connectivity index (χ2n) is 8.17. The van der Waals surface area contributed by atoms with E-state index >= 15 is 0 Å². The first-order valence-corrected chi connectivity index (χ1v) is 11.8. The van der Waals surface area contributed by atoms with Crippen LogP contribution in [0.3, 0.4) is 0 Å². The molecule has 2 aromatic heterocycles. The Balaban J connectivity index is 2.08. The standard InChI is InChI=1S/C20H31N6O7P/c1-7-30-19(28)20(5,6)25-34(29)33-14(18(27)32-12(2)3)9-31-13(4)8-26-11-24-15-16(21)22-10-23-17(15)26/h10-14H,7-9H2,1-6H3,(H2,21,22,23). The van der Waals surface area contributed by atoms with Gasteiger partial charge in [0.25, 0.3) is 0 Å². The van der Waals surface area contributed by atoms with Crippen molar-refractivity contribution in [1.82, 2.24) is 19.5 Å². The van der Waals surface area contributed by atoms with Gasteiger partial charge in [-0.05, 0) is 41.5 Å². The van der Waals surface area contributed by atoms with Crippen LogP contribution in [0, 0.1) is 0 Å². The fourth-order valence-corrected chi connectivity index (χ4v) is 3.65. The molecule has 188 valence electrons. The largest absolute Gasteiger partial charge is 0.583 e. The van der Waals surface area contributed by atoms with Crippen molar-refractivity contribution in [2.75, 3.05) is 18.9 Å². The first kappa shape index (κ1) is 27.5. The number of ether oxygens (including phenoxy) is 3. The van der Waals surface area contributed by atoms with E-state index in [1.807, 2.05) is 0 Å². The molecule has 0 aliphatic carbocycles. The molecule has 2 aromatic rings. The van der Waals surface area contributed by atoms with E-state index < -0.39 is 44.0 Å². The van der Waals surface area contributed by atoms with E-state index in [0.29, 0.717) is 17.7 Å². The average molecular weight is 498 g/mol. The molecule has 0 aliphatic heterocycles. The fraction of sp³-hybridized carbons (Fsp3) is 0.650. The Morgan fingerprint density at radius 1 is 1.26 bits per heavy atom. The van der Waals surface area contributed by atoms with Gasteiger partial charge in [0.2, 0.25) is 6.10 Å². The summed E-state index contributed by atoms with van der Waals surface area (Å²) < 4.78 is 26.8. The quantitative estimate of drug-likeness (QED) is 0.330. The Labute approximate surface area is 198 Å². The van der Waals surface area contributed by atoms with Crippen LogP contribution in [0.2, 0.25) is 0 Å². The van der Waals surface area contributed by atoms with E-state index in [1.54, 1.807) is 38.6 Å². The summed E-state index contributed by atoms with van der Waals surface area (Å²) >= 11 is 0. The molecule has 0 aromatic carbocycles. The number of rotatable bonds is 12. The molecule has 0 spiro atoms. The molecule has 0 fully saturated rings. The van der Waals surface area contributed by atoms with Gasteiger partial charge in [-0.2, -0.15) is 0 Å². The molecular formula is C20H31N6O7P. The van der Waals surface area contributed by atoms with Crippen molar-refractivity contribution in [1.29, 1.82) is 0 Å². The molecule has 0 saturated carbocycles. The van der Waals surface area contributed by atoms with Crippen molar-refractivity contribution in [3.05, 3.63) is 12.7 Å². The molecule has 2 N–H and O–H groups in total. The summed E-state index contributed by atoms with van der Waals surface area (Å²) in [5.41, 5.74) is 5.40. The van der Waals surface area contributed by atoms with Gasteiger partial charge >= 0.3 is 20.1 Å². The number of nitrogens with two attached hydrogens (primary N) is 1. The van der Waals surface area contributed by atoms with Crippen LogP contribution in [0.1, 0.15) is 41.5 Å². The van der Waals surface area contributed by atoms with Gasteiger partial charge in [-0.3, -0.25) is 0 Å². The molecule has 2 rings (SSSR count). The van der Waals surface area contributed by atoms with Gasteiger partial charge < -0.3 is 29.4 Å². The molecule has 0 saturated heterocycles. The number of nitrogens with zero attached hydrogens (tertiary/aromatic N) is 5. The van der Waals surface area contributed by atoms with Crippen LogP contribution in [0.25, 0.3) is 11.2 Å². The highest BCUT2D eigenvalue weighted by Gasteiger charge is 2.35. The zero-order valence-corrected chi connectivity index (χ0v) is 21.0. The van der Waals surface area contributed by atoms with Crippen LogP contribution in [0.5, 0.6) is 0 Å². The van der Waals surface area contributed by atoms with Crippen LogP contribution in [-0.4, -0.2) is 68.5 Å². The number of esters is 2. The highest BCUT2D eigenvalue weighted by atomic mass is 31.1. The predicted octanol–water partition coefficient (Wildman–Crippen LogP) is 1.35. The van der Waals surface area contributed by atoms with Gasteiger partial charge in [-0.25, -0.2) is 24.5 Å². The second kappa shape index (κ2) is 12.1. The predicted molar refractivity (Wildman–Crippen MR) is 121 cm³/mol. The van der Waals surface area contributed by atoms with E-state index in [1.165, 1.54) is 20.2 Å². The molecule has 3 unspecified atom stereocenters. The molecule has 13 nitrogen and oxygen atoms in total. The van der Waals surface area contributed by atoms with Gasteiger partial charge in [-0.15, -0.1) is 4.52 Å². The third kappa shape index (κ3) is 7.66. The van der Waals surface area contributed by atoms with E-state index in [4.69, 9.17) is 24.5 Å². The van der Waals surface area contributed by atoms with E-state index in [9.17, 15) is 14.5 Å². The molecule has 0 amide bonds. The Morgan fingerprint density at radius 2 is 1.97 bits per heavy atom. The monoisotopic (exact) mass is 498 g/mol. The molecular weight excluding hydrogens is 467 g/mol. The number of fused-ring (bicyclic) bond motifs is 1. The minimum atomic E-state index is -2.76. The highest BCUT2D eigenvalue weighted by molar-refractivity contribution is 7.33. The van der Waals surface area contributed by atoms with Crippen LogP contribution < -0.4 is 10.6 Å². The Morgan fingerprint density at radius 3 is 2.62 bits per heavy atom. The van der Waals surface area contributed by atoms with Crippen molar-refractivity contribution >= 4 is 37.1 Å². The zero-order chi connectivity index (χ0) is 25.5. The summed E-state index contributed by atoms with van der Waals surface area (Å²) in [6, 6.07) is 0. The van der Waals surface area contributed by atoms with Crippen LogP contribution in [0.15, 0.2) is 17.4 Å². The number of hydrogen-bond acceptors (Lipinski definition) is 12. The molecule has 14 heteroatoms. The van der Waals surface area contributed by atoms with Gasteiger partial charge in [0.1, 0.15) is 11.8 Å². The zero-order valence-electron chi connectivity index (χ0n) is 20.1. The van der Waals surface area contributed by atoms with Crippen molar-refractivity contribution in [2.45, 2.75) is 71.9 Å². The third-order valence-electron chi connectivity index (χ3n) is 4.35. The number of nitrogen functional groups attached to an aromatic ring is 1. The maximum Gasteiger partial charge on any atom is 0.343 e. The summed E-state index contributed by atoms with van der Waals surface area (Å²) in [4.78, 5) is 49.3. The minimum Gasteiger partial charge on any atom is -0.583 e. The van der Waals surface area contributed by atoms with Crippen molar-refractivity contribution in [3.63, 3.8) is 0 Å². The summed E-state index contributed by atoms with van der Waals surface area (Å²) in [5, 5.41) is 0. The second-order valence-corrected chi connectivity index (χ2v) is 9.06. The average Bonchev–Trinajstić information content (AvgIpc) is 3.14. The Kier molecular flexibility index (Phi) is 9.80. The van der Waals surface area contributed by atoms with Crippen LogP contribution in [0.4, 0.5) is 5.82 Å². The SMILES string of the molecule is CCOC(=O)C(C)(C)N=[P+]([O-])OC(COC(C)Cn1cnc2c(N)ncnc21)C(=O)OC(C)C. The topological polar surface area (TPSA) is 176 Å². The van der Waals surface area contributed by atoms with Crippen LogP contribution in [-0.2, 0) is 34.9 Å². The molecule has 2 heterocycles. The van der Waals surface area contributed by atoms with Gasteiger partial charge in [0, 0.05) is 0 Å². The minimum absolute atomic E-state index is 0.148. The summed E-state index contributed by atoms with van der Waals surface area (Å²) in [7, 11) is -2.76. The summed E-state index contributed by atoms with van der Waals surface area (Å²) in [6.07, 6.45) is 0.726. The Hall–Kier alpha value is -2.73. The number of hydrogen-bond donors (Lipinski definition) is 1. The molecule has 0 aliphatic rings. The van der Waals surface area contributed by atoms with E-state index in [-0.39, 0.29) is 19.0 Å². The lowest BCUT2D eigenvalue weighted by molar-refractivity contribution is -0.189. The number of anilines is 1. The number of imidazole rings is 1. The fourth-order valence-electron chi connectivity index (χ4n) is 2.75. The molecule has 3 atom stereocenters. The van der Waals surface area contributed by atoms with Crippen molar-refractivity contribution in [2.24, 2.45) is 4.74 Å². The lowest BCUT2D eigenvalue weighted by atomic mass is 10.1. The summed E-state index contributed by atoms with van der Waals surface area (Å²) in [6.45, 7) is 9.87. The number of carbonyl (C=O) groups excluding carboxylic acids is 2. The smallest absolute Gasteiger partial charge is 0.343 e. The number of aromatic nitrogens is 4. The molecule has 34 heavy (non-hydrogen) atoms. The molecule has 0 bridgehead atoms. The first-order valence-electron chi connectivity index (χ1n) is 10.7. The lowest BCUT2D eigenvalue weighted by Crippen LogP contribution is -2.35. The van der Waals surface area contributed by atoms with Crippen molar-refractivity contribution in [3.8, 4) is 0 Å². The third-order valence-corrected chi connectivity index (χ3v) is 5.45. The summed E-state index contributed by atoms with van der Waals surface area (Å²) in [5.74, 6) is -1.16. The Bertz CT molecular complexity index is 1030. The highest BCUT2D eigenvalue weighted by Crippen LogP contribution is 2.27. The van der Waals surface area contributed by atoms with Crippen molar-refractivity contribution < 1.29 is 33.2 Å². The maximum atomic E-state index is 12.5. The maximum absolute atomic E-state index is 12.5. The molecule has 0 radical (unpaired) electrons. The van der Waals surface area contributed by atoms with E-state index in [0.717, 1.165) is 0 Å². The van der Waals surface area contributed by atoms with E-state index in [2.05, 4.69) is 19.7 Å². The lowest BCUT2D eigenvalue weighted by Gasteiger charge is -2.19. The van der Waals surface area contributed by atoms with Crippen LogP contribution >= 0.6 is 8.17 Å².